The maximum Gasteiger partial charge on any atom is 0.251 e. The maximum absolute atomic E-state index is 12.5. The number of nitrogens with one attached hydrogen (secondary N) is 1. The van der Waals surface area contributed by atoms with Crippen LogP contribution in [0.2, 0.25) is 0 Å². The Morgan fingerprint density at radius 3 is 2.36 bits per heavy atom. The molecule has 0 aromatic heterocycles. The maximum atomic E-state index is 12.5. The molecule has 0 fully saturated rings. The van der Waals surface area contributed by atoms with Crippen LogP contribution in [0.3, 0.4) is 0 Å². The SMILES string of the molecule is COc1cc(C(=O)NCCOc2cccc3c2CCCC3)cc(OC)c1OC. The second-order valence-corrected chi connectivity index (χ2v) is 6.62. The van der Waals surface area contributed by atoms with E-state index in [0.29, 0.717) is 36.0 Å². The summed E-state index contributed by atoms with van der Waals surface area (Å²) < 4.78 is 21.8. The summed E-state index contributed by atoms with van der Waals surface area (Å²) in [5, 5.41) is 2.87. The molecule has 0 unspecified atom stereocenters. The average molecular weight is 385 g/mol. The highest BCUT2D eigenvalue weighted by Gasteiger charge is 2.17. The molecule has 1 amide bonds. The van der Waals surface area contributed by atoms with E-state index in [1.54, 1.807) is 12.1 Å². The van der Waals surface area contributed by atoms with Gasteiger partial charge in [0.2, 0.25) is 5.75 Å². The van der Waals surface area contributed by atoms with Crippen LogP contribution in [0.15, 0.2) is 30.3 Å². The van der Waals surface area contributed by atoms with E-state index < -0.39 is 0 Å². The lowest BCUT2D eigenvalue weighted by molar-refractivity contribution is 0.0946. The van der Waals surface area contributed by atoms with Gasteiger partial charge in [0.1, 0.15) is 12.4 Å². The standard InChI is InChI=1S/C22H27NO5/c1-25-19-13-16(14-20(26-2)21(19)27-3)22(24)23-11-12-28-18-10-6-8-15-7-4-5-9-17(15)18/h6,8,10,13-14H,4-5,7,9,11-12H2,1-3H3,(H,23,24). The lowest BCUT2D eigenvalue weighted by atomic mass is 9.91. The topological polar surface area (TPSA) is 66.0 Å². The Morgan fingerprint density at radius 2 is 1.68 bits per heavy atom. The van der Waals surface area contributed by atoms with Gasteiger partial charge >= 0.3 is 0 Å². The Kier molecular flexibility index (Phi) is 6.63. The van der Waals surface area contributed by atoms with Crippen LogP contribution in [-0.2, 0) is 12.8 Å². The zero-order chi connectivity index (χ0) is 19.9. The molecular formula is C22H27NO5. The van der Waals surface area contributed by atoms with Crippen molar-refractivity contribution in [2.24, 2.45) is 0 Å². The van der Waals surface area contributed by atoms with Crippen molar-refractivity contribution in [1.82, 2.24) is 5.32 Å². The number of aryl methyl sites for hydroxylation is 1. The molecule has 2 aromatic carbocycles. The summed E-state index contributed by atoms with van der Waals surface area (Å²) in [6.07, 6.45) is 4.61. The molecule has 1 aliphatic carbocycles. The van der Waals surface area contributed by atoms with E-state index >= 15 is 0 Å². The number of methoxy groups -OCH3 is 3. The van der Waals surface area contributed by atoms with Gasteiger partial charge in [-0.2, -0.15) is 0 Å². The van der Waals surface area contributed by atoms with Crippen molar-refractivity contribution in [2.45, 2.75) is 25.7 Å². The fourth-order valence-corrected chi connectivity index (χ4v) is 3.52. The van der Waals surface area contributed by atoms with Gasteiger partial charge in [-0.3, -0.25) is 4.79 Å². The molecule has 0 saturated heterocycles. The summed E-state index contributed by atoms with van der Waals surface area (Å²) in [4.78, 5) is 12.5. The number of benzene rings is 2. The van der Waals surface area contributed by atoms with Gasteiger partial charge in [0, 0.05) is 5.56 Å². The first-order chi connectivity index (χ1) is 13.7. The molecule has 1 aliphatic rings. The van der Waals surface area contributed by atoms with Crippen LogP contribution in [0.4, 0.5) is 0 Å². The number of ether oxygens (including phenoxy) is 4. The van der Waals surface area contributed by atoms with E-state index in [4.69, 9.17) is 18.9 Å². The Labute approximate surface area is 165 Å². The summed E-state index contributed by atoms with van der Waals surface area (Å²) in [7, 11) is 4.57. The molecule has 0 spiro atoms. The summed E-state index contributed by atoms with van der Waals surface area (Å²) in [6, 6.07) is 9.48. The molecule has 2 aromatic rings. The number of rotatable bonds is 8. The van der Waals surface area contributed by atoms with Gasteiger partial charge < -0.3 is 24.3 Å². The quantitative estimate of drug-likeness (QED) is 0.706. The molecule has 28 heavy (non-hydrogen) atoms. The Hall–Kier alpha value is -2.89. The van der Waals surface area contributed by atoms with E-state index in [2.05, 4.69) is 11.4 Å². The molecule has 1 N–H and O–H groups in total. The van der Waals surface area contributed by atoms with Gasteiger partial charge in [0.15, 0.2) is 11.5 Å². The molecule has 0 radical (unpaired) electrons. The minimum absolute atomic E-state index is 0.224. The van der Waals surface area contributed by atoms with Crippen molar-refractivity contribution in [3.63, 3.8) is 0 Å². The van der Waals surface area contributed by atoms with Crippen LogP contribution < -0.4 is 24.3 Å². The van der Waals surface area contributed by atoms with Gasteiger partial charge in [-0.25, -0.2) is 0 Å². The molecule has 0 saturated carbocycles. The molecule has 3 rings (SSSR count). The van der Waals surface area contributed by atoms with Gasteiger partial charge in [-0.15, -0.1) is 0 Å². The van der Waals surface area contributed by atoms with Gasteiger partial charge in [-0.05, 0) is 55.0 Å². The number of carbonyl (C=O) groups is 1. The van der Waals surface area contributed by atoms with E-state index in [1.165, 1.54) is 45.3 Å². The van der Waals surface area contributed by atoms with Crippen molar-refractivity contribution >= 4 is 5.91 Å². The zero-order valence-corrected chi connectivity index (χ0v) is 16.7. The number of amides is 1. The highest BCUT2D eigenvalue weighted by molar-refractivity contribution is 5.95. The lowest BCUT2D eigenvalue weighted by Gasteiger charge is -2.19. The monoisotopic (exact) mass is 385 g/mol. The minimum Gasteiger partial charge on any atom is -0.493 e. The fraction of sp³-hybridized carbons (Fsp3) is 0.409. The summed E-state index contributed by atoms with van der Waals surface area (Å²) in [6.45, 7) is 0.811. The largest absolute Gasteiger partial charge is 0.493 e. The van der Waals surface area contributed by atoms with Crippen molar-refractivity contribution in [1.29, 1.82) is 0 Å². The normalized spacial score (nSPS) is 12.7. The van der Waals surface area contributed by atoms with Gasteiger partial charge in [0.05, 0.1) is 27.9 Å². The average Bonchev–Trinajstić information content (AvgIpc) is 2.75. The van der Waals surface area contributed by atoms with Gasteiger partial charge in [-0.1, -0.05) is 12.1 Å². The Bertz CT molecular complexity index is 809. The van der Waals surface area contributed by atoms with Crippen LogP contribution in [0.5, 0.6) is 23.0 Å². The molecule has 0 bridgehead atoms. The van der Waals surface area contributed by atoms with Crippen molar-refractivity contribution in [2.75, 3.05) is 34.5 Å². The second kappa shape index (κ2) is 9.35. The third-order valence-corrected chi connectivity index (χ3v) is 4.93. The number of hydrogen-bond acceptors (Lipinski definition) is 5. The first-order valence-electron chi connectivity index (χ1n) is 9.49. The molecule has 0 aliphatic heterocycles. The molecule has 6 nitrogen and oxygen atoms in total. The van der Waals surface area contributed by atoms with Crippen molar-refractivity contribution < 1.29 is 23.7 Å². The van der Waals surface area contributed by atoms with Crippen LogP contribution >= 0.6 is 0 Å². The third kappa shape index (κ3) is 4.32. The molecule has 6 heteroatoms. The molecule has 150 valence electrons. The van der Waals surface area contributed by atoms with Crippen molar-refractivity contribution in [3.8, 4) is 23.0 Å². The minimum atomic E-state index is -0.224. The second-order valence-electron chi connectivity index (χ2n) is 6.62. The Morgan fingerprint density at radius 1 is 0.964 bits per heavy atom. The molecule has 0 atom stereocenters. The first-order valence-corrected chi connectivity index (χ1v) is 9.49. The summed E-state index contributed by atoms with van der Waals surface area (Å²) in [5.74, 6) is 2.05. The highest BCUT2D eigenvalue weighted by atomic mass is 16.5. The van der Waals surface area contributed by atoms with E-state index in [9.17, 15) is 4.79 Å². The number of carbonyl (C=O) groups excluding carboxylic acids is 1. The molecule has 0 heterocycles. The smallest absolute Gasteiger partial charge is 0.251 e. The van der Waals surface area contributed by atoms with Crippen LogP contribution in [-0.4, -0.2) is 40.4 Å². The predicted octanol–water partition coefficient (Wildman–Crippen LogP) is 3.40. The molecular weight excluding hydrogens is 358 g/mol. The summed E-state index contributed by atoms with van der Waals surface area (Å²) >= 11 is 0. The lowest BCUT2D eigenvalue weighted by Crippen LogP contribution is -2.28. The summed E-state index contributed by atoms with van der Waals surface area (Å²) in [5.41, 5.74) is 3.13. The van der Waals surface area contributed by atoms with E-state index in [-0.39, 0.29) is 5.91 Å². The zero-order valence-electron chi connectivity index (χ0n) is 16.7. The fourth-order valence-electron chi connectivity index (χ4n) is 3.52. The van der Waals surface area contributed by atoms with Crippen LogP contribution in [0, 0.1) is 0 Å². The predicted molar refractivity (Wildman–Crippen MR) is 107 cm³/mol. The Balaban J connectivity index is 1.59. The van der Waals surface area contributed by atoms with Gasteiger partial charge in [0.25, 0.3) is 5.91 Å². The van der Waals surface area contributed by atoms with E-state index in [0.717, 1.165) is 18.6 Å². The van der Waals surface area contributed by atoms with Crippen molar-refractivity contribution in [3.05, 3.63) is 47.0 Å². The van der Waals surface area contributed by atoms with Crippen LogP contribution in [0.1, 0.15) is 34.3 Å². The highest BCUT2D eigenvalue weighted by Crippen LogP contribution is 2.38. The number of hydrogen-bond donors (Lipinski definition) is 1. The first kappa shape index (κ1) is 19.9. The van der Waals surface area contributed by atoms with Crippen LogP contribution in [0.25, 0.3) is 0 Å². The van der Waals surface area contributed by atoms with E-state index in [1.807, 2.05) is 12.1 Å². The number of fused-ring (bicyclic) bond motifs is 1. The third-order valence-electron chi connectivity index (χ3n) is 4.93.